The molecule has 1 aromatic heterocycles. The predicted octanol–water partition coefficient (Wildman–Crippen LogP) is 4.54. The van der Waals surface area contributed by atoms with Crippen molar-refractivity contribution in [3.05, 3.63) is 72.6 Å². The number of anilines is 1. The third-order valence-electron chi connectivity index (χ3n) is 4.64. The van der Waals surface area contributed by atoms with Crippen LogP contribution in [0.2, 0.25) is 0 Å². The summed E-state index contributed by atoms with van der Waals surface area (Å²) < 4.78 is 25.5. The van der Waals surface area contributed by atoms with Crippen molar-refractivity contribution in [1.29, 1.82) is 0 Å². The highest BCUT2D eigenvalue weighted by Crippen LogP contribution is 2.27. The molecule has 7 heteroatoms. The predicted molar refractivity (Wildman–Crippen MR) is 118 cm³/mol. The average molecular weight is 427 g/mol. The van der Waals surface area contributed by atoms with E-state index in [4.69, 9.17) is 0 Å². The molecule has 0 aliphatic carbocycles. The molecule has 2 aromatic carbocycles. The van der Waals surface area contributed by atoms with E-state index in [0.717, 1.165) is 10.5 Å². The molecule has 1 amide bonds. The molecule has 3 aromatic rings. The van der Waals surface area contributed by atoms with Crippen molar-refractivity contribution in [1.82, 2.24) is 4.98 Å². The standard InChI is InChI=1S/C22H22N2O3S2/c1-4-29(26,27)20-14-17(16-8-6-5-7-9-16)15-23-21(20)22(25)24(2)18-10-12-19(28-3)13-11-18/h5-15H,4H2,1-3H3. The number of carbonyl (C=O) groups excluding carboxylic acids is 1. The lowest BCUT2D eigenvalue weighted by molar-refractivity contribution is 0.0985. The van der Waals surface area contributed by atoms with Gasteiger partial charge in [-0.3, -0.25) is 4.79 Å². The van der Waals surface area contributed by atoms with Crippen molar-refractivity contribution < 1.29 is 13.2 Å². The molecule has 0 N–H and O–H groups in total. The Morgan fingerprint density at radius 1 is 1.03 bits per heavy atom. The third-order valence-corrected chi connectivity index (χ3v) is 7.13. The molecular weight excluding hydrogens is 404 g/mol. The number of benzene rings is 2. The van der Waals surface area contributed by atoms with Gasteiger partial charge in [0.25, 0.3) is 5.91 Å². The summed E-state index contributed by atoms with van der Waals surface area (Å²) in [5, 5.41) is 0. The molecule has 0 saturated carbocycles. The van der Waals surface area contributed by atoms with Crippen molar-refractivity contribution in [3.63, 3.8) is 0 Å². The van der Waals surface area contributed by atoms with Gasteiger partial charge in [0.05, 0.1) is 10.6 Å². The number of amides is 1. The van der Waals surface area contributed by atoms with E-state index >= 15 is 0 Å². The van der Waals surface area contributed by atoms with E-state index in [1.54, 1.807) is 38.0 Å². The van der Waals surface area contributed by atoms with Gasteiger partial charge >= 0.3 is 0 Å². The van der Waals surface area contributed by atoms with Gasteiger partial charge in [0.15, 0.2) is 9.84 Å². The van der Waals surface area contributed by atoms with Crippen LogP contribution in [-0.4, -0.2) is 38.4 Å². The Bertz CT molecular complexity index is 1110. The first kappa shape index (κ1) is 21.1. The molecule has 0 aliphatic rings. The molecule has 5 nitrogen and oxygen atoms in total. The van der Waals surface area contributed by atoms with Gasteiger partial charge in [-0.25, -0.2) is 13.4 Å². The van der Waals surface area contributed by atoms with Crippen LogP contribution in [0.15, 0.2) is 76.7 Å². The summed E-state index contributed by atoms with van der Waals surface area (Å²) in [6, 6.07) is 18.4. The number of aromatic nitrogens is 1. The maximum absolute atomic E-state index is 13.1. The molecule has 0 unspecified atom stereocenters. The van der Waals surface area contributed by atoms with Gasteiger partial charge in [0.2, 0.25) is 0 Å². The fourth-order valence-electron chi connectivity index (χ4n) is 2.87. The zero-order chi connectivity index (χ0) is 21.0. The first-order valence-corrected chi connectivity index (χ1v) is 12.0. The first-order valence-electron chi connectivity index (χ1n) is 9.07. The zero-order valence-corrected chi connectivity index (χ0v) is 18.1. The van der Waals surface area contributed by atoms with Crippen molar-refractivity contribution in [2.75, 3.05) is 24.0 Å². The highest BCUT2D eigenvalue weighted by atomic mass is 32.2. The lowest BCUT2D eigenvalue weighted by Crippen LogP contribution is -2.29. The fourth-order valence-corrected chi connectivity index (χ4v) is 4.33. The molecule has 29 heavy (non-hydrogen) atoms. The topological polar surface area (TPSA) is 67.3 Å². The molecular formula is C22H22N2O3S2. The third kappa shape index (κ3) is 4.52. The first-order chi connectivity index (χ1) is 13.9. The molecule has 0 radical (unpaired) electrons. The average Bonchev–Trinajstić information content (AvgIpc) is 2.78. The number of hydrogen-bond acceptors (Lipinski definition) is 5. The summed E-state index contributed by atoms with van der Waals surface area (Å²) in [5.74, 6) is -0.576. The quantitative estimate of drug-likeness (QED) is 0.541. The van der Waals surface area contributed by atoms with Crippen LogP contribution in [0, 0.1) is 0 Å². The molecule has 0 saturated heterocycles. The monoisotopic (exact) mass is 426 g/mol. The lowest BCUT2D eigenvalue weighted by Gasteiger charge is -2.19. The number of nitrogens with zero attached hydrogens (tertiary/aromatic N) is 2. The Kier molecular flexibility index (Phi) is 6.39. The summed E-state index contributed by atoms with van der Waals surface area (Å²) in [4.78, 5) is 19.9. The van der Waals surface area contributed by atoms with Crippen LogP contribution in [-0.2, 0) is 9.84 Å². The Morgan fingerprint density at radius 2 is 1.69 bits per heavy atom. The van der Waals surface area contributed by atoms with E-state index in [0.29, 0.717) is 11.3 Å². The van der Waals surface area contributed by atoms with E-state index in [1.807, 2.05) is 60.9 Å². The van der Waals surface area contributed by atoms with E-state index < -0.39 is 15.7 Å². The number of sulfone groups is 1. The van der Waals surface area contributed by atoms with Crippen LogP contribution in [0.3, 0.4) is 0 Å². The van der Waals surface area contributed by atoms with Crippen LogP contribution >= 0.6 is 11.8 Å². The zero-order valence-electron chi connectivity index (χ0n) is 16.5. The Morgan fingerprint density at radius 3 is 2.28 bits per heavy atom. The van der Waals surface area contributed by atoms with Gasteiger partial charge in [0, 0.05) is 29.4 Å². The van der Waals surface area contributed by atoms with Crippen LogP contribution < -0.4 is 4.90 Å². The minimum atomic E-state index is -3.64. The number of thioether (sulfide) groups is 1. The molecule has 0 atom stereocenters. The minimum Gasteiger partial charge on any atom is -0.310 e. The van der Waals surface area contributed by atoms with Gasteiger partial charge in [-0.1, -0.05) is 37.3 Å². The Labute approximate surface area is 175 Å². The maximum Gasteiger partial charge on any atom is 0.277 e. The van der Waals surface area contributed by atoms with Crippen LogP contribution in [0.5, 0.6) is 0 Å². The van der Waals surface area contributed by atoms with Crippen LogP contribution in [0.1, 0.15) is 17.4 Å². The summed E-state index contributed by atoms with van der Waals surface area (Å²) in [5.41, 5.74) is 2.10. The van der Waals surface area contributed by atoms with Crippen molar-refractivity contribution in [2.24, 2.45) is 0 Å². The van der Waals surface area contributed by atoms with Crippen molar-refractivity contribution in [2.45, 2.75) is 16.7 Å². The van der Waals surface area contributed by atoms with Gasteiger partial charge in [-0.05, 0) is 42.2 Å². The number of hydrogen-bond donors (Lipinski definition) is 0. The molecule has 150 valence electrons. The Hall–Kier alpha value is -2.64. The molecule has 0 fully saturated rings. The number of carbonyl (C=O) groups is 1. The second-order valence-electron chi connectivity index (χ2n) is 6.40. The second kappa shape index (κ2) is 8.80. The van der Waals surface area contributed by atoms with Crippen molar-refractivity contribution in [3.8, 4) is 11.1 Å². The van der Waals surface area contributed by atoms with Crippen LogP contribution in [0.4, 0.5) is 5.69 Å². The van der Waals surface area contributed by atoms with E-state index in [-0.39, 0.29) is 16.3 Å². The summed E-state index contributed by atoms with van der Waals surface area (Å²) in [7, 11) is -2.03. The van der Waals surface area contributed by atoms with Crippen molar-refractivity contribution >= 4 is 33.2 Å². The van der Waals surface area contributed by atoms with Gasteiger partial charge in [-0.2, -0.15) is 0 Å². The maximum atomic E-state index is 13.1. The SMILES string of the molecule is CCS(=O)(=O)c1cc(-c2ccccc2)cnc1C(=O)N(C)c1ccc(SC)cc1. The molecule has 3 rings (SSSR count). The van der Waals surface area contributed by atoms with Gasteiger partial charge in [0.1, 0.15) is 5.69 Å². The fraction of sp³-hybridized carbons (Fsp3) is 0.182. The van der Waals surface area contributed by atoms with E-state index in [9.17, 15) is 13.2 Å². The van der Waals surface area contributed by atoms with Crippen LogP contribution in [0.25, 0.3) is 11.1 Å². The smallest absolute Gasteiger partial charge is 0.277 e. The number of pyridine rings is 1. The summed E-state index contributed by atoms with van der Waals surface area (Å²) in [6.45, 7) is 1.56. The highest BCUT2D eigenvalue weighted by molar-refractivity contribution is 7.98. The lowest BCUT2D eigenvalue weighted by atomic mass is 10.1. The molecule has 0 bridgehead atoms. The summed E-state index contributed by atoms with van der Waals surface area (Å²) in [6.07, 6.45) is 3.52. The minimum absolute atomic E-state index is 0.0427. The summed E-state index contributed by atoms with van der Waals surface area (Å²) >= 11 is 1.61. The molecule has 0 aliphatic heterocycles. The Balaban J connectivity index is 2.06. The van der Waals surface area contributed by atoms with Gasteiger partial charge in [-0.15, -0.1) is 11.8 Å². The van der Waals surface area contributed by atoms with E-state index in [1.165, 1.54) is 4.90 Å². The van der Waals surface area contributed by atoms with Gasteiger partial charge < -0.3 is 4.90 Å². The van der Waals surface area contributed by atoms with E-state index in [2.05, 4.69) is 4.98 Å². The molecule has 0 spiro atoms. The normalized spacial score (nSPS) is 11.3. The molecule has 1 heterocycles. The number of rotatable bonds is 6. The highest BCUT2D eigenvalue weighted by Gasteiger charge is 2.26. The second-order valence-corrected chi connectivity index (χ2v) is 9.53. The largest absolute Gasteiger partial charge is 0.310 e.